The second kappa shape index (κ2) is 15.4. The number of carbonyl (C=O) groups excluding carboxylic acids is 6. The van der Waals surface area contributed by atoms with E-state index in [0.29, 0.717) is 18.2 Å². The van der Waals surface area contributed by atoms with Crippen molar-refractivity contribution in [3.05, 3.63) is 102 Å². The number of nitrogens with two attached hydrogens (primary N) is 3. The van der Waals surface area contributed by atoms with Crippen LogP contribution in [0.5, 0.6) is 0 Å². The average molecular weight is 691 g/mol. The first-order valence-corrected chi connectivity index (χ1v) is 9.50. The van der Waals surface area contributed by atoms with Crippen molar-refractivity contribution < 1.29 is 98.2 Å². The third-order valence-corrected chi connectivity index (χ3v) is 3.63. The molecule has 0 aliphatic carbocycles. The molecule has 3 heterocycles. The molecule has 0 aliphatic rings. The molecule has 0 atom stereocenters. The smallest absolute Gasteiger partial charge is 0.542 e. The Morgan fingerprint density at radius 3 is 0.775 bits per heavy atom. The fourth-order valence-electron chi connectivity index (χ4n) is 2.10. The number of rotatable bonds is 6. The Morgan fingerprint density at radius 2 is 0.625 bits per heavy atom. The molecule has 3 aromatic rings. The Kier molecular flexibility index (Phi) is 13.5. The van der Waals surface area contributed by atoms with Crippen LogP contribution in [0, 0.1) is 40.8 Å². The molecule has 0 fully saturated rings. The molecule has 19 heteroatoms. The van der Waals surface area contributed by atoms with E-state index in [1.807, 2.05) is 0 Å². The normalized spacial score (nSPS) is 9.30. The van der Waals surface area contributed by atoms with Crippen molar-refractivity contribution in [1.29, 1.82) is 0 Å². The molecule has 0 saturated carbocycles. The summed E-state index contributed by atoms with van der Waals surface area (Å²) in [4.78, 5) is 94.5. The van der Waals surface area contributed by atoms with E-state index in [0.717, 1.165) is 18.2 Å². The van der Waals surface area contributed by atoms with Crippen LogP contribution in [0.1, 0.15) is 63.3 Å². The fraction of sp³-hybridized carbons (Fsp3) is 0. The van der Waals surface area contributed by atoms with Crippen molar-refractivity contribution in [3.8, 4) is 0 Å². The maximum Gasteiger partial charge on any atom is 3.00 e. The van der Waals surface area contributed by atoms with E-state index in [4.69, 9.17) is 17.2 Å². The van der Waals surface area contributed by atoms with E-state index in [1.54, 1.807) is 0 Å². The molecule has 3 aromatic heterocycles. The molecule has 0 unspecified atom stereocenters. The van der Waals surface area contributed by atoms with Crippen LogP contribution in [0.2, 0.25) is 0 Å². The van der Waals surface area contributed by atoms with E-state index in [1.165, 1.54) is 0 Å². The standard InChI is InChI=1S/3C7H5NO5.Nd/c3*8-6(10)4-1-3(9)2-5(13-4)7(11)12;/h3*1-2H,(H2,8,10)(H,11,12);/q;;;+3/p-3. The molecule has 0 spiro atoms. The molecule has 6 N–H and O–H groups in total. The molecule has 205 valence electrons. The summed E-state index contributed by atoms with van der Waals surface area (Å²) in [6, 6.07) is 4.49. The van der Waals surface area contributed by atoms with Crippen LogP contribution in [0.3, 0.4) is 0 Å². The maximum atomic E-state index is 10.8. The number of carboxylic acid groups (broad SMARTS) is 3. The molecular weight excluding hydrogens is 678 g/mol. The van der Waals surface area contributed by atoms with Crippen molar-refractivity contribution in [2.24, 2.45) is 17.2 Å². The van der Waals surface area contributed by atoms with Crippen LogP contribution < -0.4 is 48.8 Å². The third-order valence-electron chi connectivity index (χ3n) is 3.63. The molecule has 0 bridgehead atoms. The van der Waals surface area contributed by atoms with Crippen LogP contribution in [0.25, 0.3) is 0 Å². The van der Waals surface area contributed by atoms with Gasteiger partial charge >= 0.3 is 40.8 Å². The molecule has 0 aliphatic heterocycles. The van der Waals surface area contributed by atoms with Crippen LogP contribution in [-0.2, 0) is 0 Å². The first-order chi connectivity index (χ1) is 18.0. The minimum atomic E-state index is -1.68. The first kappa shape index (κ1) is 35.0. The predicted octanol–water partition coefficient (Wildman–Crippen LogP) is -5.69. The van der Waals surface area contributed by atoms with Crippen molar-refractivity contribution in [2.45, 2.75) is 0 Å². The number of carboxylic acids is 3. The Morgan fingerprint density at radius 1 is 0.450 bits per heavy atom. The van der Waals surface area contributed by atoms with Gasteiger partial charge in [-0.05, 0) is 0 Å². The average Bonchev–Trinajstić information content (AvgIpc) is 2.83. The zero-order valence-electron chi connectivity index (χ0n) is 19.3. The van der Waals surface area contributed by atoms with E-state index in [2.05, 4.69) is 13.3 Å². The van der Waals surface area contributed by atoms with Crippen LogP contribution in [-0.4, -0.2) is 35.6 Å². The first-order valence-electron chi connectivity index (χ1n) is 9.50. The van der Waals surface area contributed by atoms with Crippen molar-refractivity contribution >= 4 is 35.6 Å². The quantitative estimate of drug-likeness (QED) is 0.217. The molecule has 1 radical (unpaired) electrons. The predicted molar refractivity (Wildman–Crippen MR) is 113 cm³/mol. The second-order valence-corrected chi connectivity index (χ2v) is 6.52. The summed E-state index contributed by atoms with van der Waals surface area (Å²) in [6.07, 6.45) is 0. The Hall–Kier alpha value is -4.98. The molecule has 3 amide bonds. The second-order valence-electron chi connectivity index (χ2n) is 6.52. The van der Waals surface area contributed by atoms with Gasteiger partial charge in [0.25, 0.3) is 17.7 Å². The topological polar surface area (TPSA) is 340 Å². The van der Waals surface area contributed by atoms with Gasteiger partial charge < -0.3 is 60.2 Å². The van der Waals surface area contributed by atoms with Gasteiger partial charge in [0, 0.05) is 36.4 Å². The summed E-state index contributed by atoms with van der Waals surface area (Å²) in [5, 5.41) is 30.7. The summed E-state index contributed by atoms with van der Waals surface area (Å²) >= 11 is 0. The van der Waals surface area contributed by atoms with Crippen molar-refractivity contribution in [3.63, 3.8) is 0 Å². The number of amides is 3. The molecule has 18 nitrogen and oxygen atoms in total. The van der Waals surface area contributed by atoms with Gasteiger partial charge in [0.2, 0.25) is 0 Å². The number of hydrogen-bond donors (Lipinski definition) is 3. The largest absolute Gasteiger partial charge is 3.00 e. The van der Waals surface area contributed by atoms with Gasteiger partial charge in [-0.2, -0.15) is 0 Å². The van der Waals surface area contributed by atoms with Gasteiger partial charge in [-0.25, -0.2) is 0 Å². The minimum absolute atomic E-state index is 0. The van der Waals surface area contributed by atoms with Gasteiger partial charge in [0.05, 0.1) is 0 Å². The molecule has 0 saturated heterocycles. The van der Waals surface area contributed by atoms with Crippen LogP contribution in [0.4, 0.5) is 0 Å². The van der Waals surface area contributed by atoms with E-state index >= 15 is 0 Å². The van der Waals surface area contributed by atoms with Crippen LogP contribution in [0.15, 0.2) is 64.0 Å². The summed E-state index contributed by atoms with van der Waals surface area (Å²) in [7, 11) is 0. The monoisotopic (exact) mass is 688 g/mol. The van der Waals surface area contributed by atoms with E-state index < -0.39 is 86.5 Å². The molecule has 3 rings (SSSR count). The number of hydrogen-bond acceptors (Lipinski definition) is 15. The summed E-state index contributed by atoms with van der Waals surface area (Å²) < 4.78 is 13.3. The minimum Gasteiger partial charge on any atom is -0.542 e. The summed E-state index contributed by atoms with van der Waals surface area (Å²) in [6.45, 7) is 0. The molecule has 40 heavy (non-hydrogen) atoms. The number of carbonyl (C=O) groups is 6. The Balaban J connectivity index is 0.000000563. The number of primary amides is 3. The van der Waals surface area contributed by atoms with E-state index in [-0.39, 0.29) is 40.8 Å². The van der Waals surface area contributed by atoms with Gasteiger partial charge in [-0.3, -0.25) is 28.8 Å². The Bertz CT molecular complexity index is 1350. The van der Waals surface area contributed by atoms with Crippen molar-refractivity contribution in [2.75, 3.05) is 0 Å². The summed E-state index contributed by atoms with van der Waals surface area (Å²) in [5.74, 6) is -11.8. The SMILES string of the molecule is NC(=O)c1cc(=O)cc(C(=O)[O-])o1.NC(=O)c1cc(=O)cc(C(=O)[O-])o1.NC(=O)c1cc(=O)cc(C(=O)[O-])o1.[Nd+3]. The zero-order chi connectivity index (χ0) is 30.0. The van der Waals surface area contributed by atoms with Gasteiger partial charge in [-0.15, -0.1) is 0 Å². The zero-order valence-corrected chi connectivity index (χ0v) is 22.5. The van der Waals surface area contributed by atoms with E-state index in [9.17, 15) is 58.5 Å². The van der Waals surface area contributed by atoms with Crippen LogP contribution >= 0.6 is 0 Å². The molecular formula is C21H12N3NdO15. The van der Waals surface area contributed by atoms with Gasteiger partial charge in [0.15, 0.2) is 50.8 Å². The number of aromatic carboxylic acids is 3. The van der Waals surface area contributed by atoms with Crippen molar-refractivity contribution in [1.82, 2.24) is 0 Å². The molecule has 0 aromatic carbocycles. The van der Waals surface area contributed by atoms with Gasteiger partial charge in [0.1, 0.15) is 17.9 Å². The maximum absolute atomic E-state index is 10.8. The Labute approximate surface area is 251 Å². The fourth-order valence-corrected chi connectivity index (χ4v) is 2.10. The third kappa shape index (κ3) is 11.2. The van der Waals surface area contributed by atoms with Gasteiger partial charge in [-0.1, -0.05) is 0 Å². The summed E-state index contributed by atoms with van der Waals surface area (Å²) in [5.41, 5.74) is 12.3.